The van der Waals surface area contributed by atoms with Gasteiger partial charge >= 0.3 is 5.97 Å². The molecule has 1 heterocycles. The van der Waals surface area contributed by atoms with Crippen molar-refractivity contribution < 1.29 is 15.0 Å². The zero-order chi connectivity index (χ0) is 6.85. The molecule has 2 N–H and O–H groups in total. The molecule has 0 aromatic carbocycles. The van der Waals surface area contributed by atoms with Crippen LogP contribution in [0.2, 0.25) is 0 Å². The van der Waals surface area contributed by atoms with Crippen LogP contribution in [0.1, 0.15) is 10.5 Å². The molecule has 5 heteroatoms. The molecule has 4 nitrogen and oxygen atoms in total. The number of hydrogen-bond acceptors (Lipinski definition) is 4. The van der Waals surface area contributed by atoms with Crippen molar-refractivity contribution in [2.45, 2.75) is 0 Å². The summed E-state index contributed by atoms with van der Waals surface area (Å²) >= 11 is 0.914. The van der Waals surface area contributed by atoms with Crippen molar-refractivity contribution in [1.29, 1.82) is 0 Å². The molecule has 48 valence electrons. The third-order valence-electron chi connectivity index (χ3n) is 0.754. The molecule has 0 aliphatic carbocycles. The van der Waals surface area contributed by atoms with Crippen molar-refractivity contribution in [1.82, 2.24) is 4.37 Å². The molecule has 1 aromatic heterocycles. The highest BCUT2D eigenvalue weighted by Gasteiger charge is 2.10. The maximum Gasteiger partial charge on any atom is 0.359 e. The Hall–Kier alpha value is -1.10. The SMILES string of the molecule is O=C(O)c1nscc1O. The van der Waals surface area contributed by atoms with Gasteiger partial charge in [0.25, 0.3) is 0 Å². The second-order valence-corrected chi connectivity index (χ2v) is 1.98. The minimum Gasteiger partial charge on any atom is -0.505 e. The lowest BCUT2D eigenvalue weighted by Crippen LogP contribution is -1.95. The molecule has 0 atom stereocenters. The molecular weight excluding hydrogens is 142 g/mol. The van der Waals surface area contributed by atoms with Gasteiger partial charge in [-0.25, -0.2) is 4.79 Å². The Kier molecular flexibility index (Phi) is 1.35. The second-order valence-electron chi connectivity index (χ2n) is 1.35. The molecule has 0 unspecified atom stereocenters. The van der Waals surface area contributed by atoms with Crippen molar-refractivity contribution in [2.24, 2.45) is 0 Å². The Bertz CT molecular complexity index is 231. The van der Waals surface area contributed by atoms with Gasteiger partial charge < -0.3 is 10.2 Å². The Morgan fingerprint density at radius 1 is 1.78 bits per heavy atom. The third kappa shape index (κ3) is 0.996. The molecule has 9 heavy (non-hydrogen) atoms. The lowest BCUT2D eigenvalue weighted by molar-refractivity contribution is 0.0688. The average molecular weight is 145 g/mol. The highest BCUT2D eigenvalue weighted by atomic mass is 32.1. The van der Waals surface area contributed by atoms with Crippen LogP contribution in [0.15, 0.2) is 5.38 Å². The van der Waals surface area contributed by atoms with Crippen molar-refractivity contribution >= 4 is 17.5 Å². The number of aromatic carboxylic acids is 1. The molecule has 0 bridgehead atoms. The number of hydrogen-bond donors (Lipinski definition) is 2. The molecular formula is C4H3NO3S. The van der Waals surface area contributed by atoms with Crippen molar-refractivity contribution in [2.75, 3.05) is 0 Å². The molecule has 0 fully saturated rings. The van der Waals surface area contributed by atoms with Crippen molar-refractivity contribution in [3.63, 3.8) is 0 Å². The highest BCUT2D eigenvalue weighted by molar-refractivity contribution is 7.04. The summed E-state index contributed by atoms with van der Waals surface area (Å²) in [5, 5.41) is 18.2. The van der Waals surface area contributed by atoms with E-state index in [0.29, 0.717) is 0 Å². The van der Waals surface area contributed by atoms with Crippen molar-refractivity contribution in [3.8, 4) is 5.75 Å². The van der Waals surface area contributed by atoms with E-state index >= 15 is 0 Å². The van der Waals surface area contributed by atoms with Crippen LogP contribution in [0.3, 0.4) is 0 Å². The van der Waals surface area contributed by atoms with E-state index in [1.165, 1.54) is 5.38 Å². The van der Waals surface area contributed by atoms with Gasteiger partial charge in [0.1, 0.15) is 0 Å². The quantitative estimate of drug-likeness (QED) is 0.605. The topological polar surface area (TPSA) is 70.4 Å². The predicted octanol–water partition coefficient (Wildman–Crippen LogP) is 0.547. The Morgan fingerprint density at radius 3 is 2.67 bits per heavy atom. The predicted molar refractivity (Wildman–Crippen MR) is 30.7 cm³/mol. The summed E-state index contributed by atoms with van der Waals surface area (Å²) in [6.07, 6.45) is 0. The van der Waals surface area contributed by atoms with Crippen LogP contribution < -0.4 is 0 Å². The fourth-order valence-corrected chi connectivity index (χ4v) is 0.921. The fraction of sp³-hybridized carbons (Fsp3) is 0. The molecule has 0 aliphatic heterocycles. The van der Waals surface area contributed by atoms with Gasteiger partial charge in [0.05, 0.1) is 5.38 Å². The number of carboxylic acids is 1. The molecule has 0 amide bonds. The molecule has 1 aromatic rings. The minimum atomic E-state index is -1.20. The summed E-state index contributed by atoms with van der Waals surface area (Å²) in [7, 11) is 0. The monoisotopic (exact) mass is 145 g/mol. The maximum atomic E-state index is 10.1. The normalized spacial score (nSPS) is 9.33. The lowest BCUT2D eigenvalue weighted by Gasteiger charge is -1.83. The molecule has 1 rings (SSSR count). The fourth-order valence-electron chi connectivity index (χ4n) is 0.380. The Balaban J connectivity index is 3.08. The van der Waals surface area contributed by atoms with Crippen LogP contribution in [0.4, 0.5) is 0 Å². The molecule has 0 spiro atoms. The summed E-state index contributed by atoms with van der Waals surface area (Å²) in [4.78, 5) is 10.1. The summed E-state index contributed by atoms with van der Waals surface area (Å²) in [5.74, 6) is -1.47. The van der Waals surface area contributed by atoms with E-state index in [2.05, 4.69) is 4.37 Å². The van der Waals surface area contributed by atoms with Gasteiger partial charge in [0.2, 0.25) is 5.69 Å². The van der Waals surface area contributed by atoms with Crippen LogP contribution in [-0.2, 0) is 0 Å². The summed E-state index contributed by atoms with van der Waals surface area (Å²) in [6.45, 7) is 0. The number of aromatic nitrogens is 1. The number of carboxylic acid groups (broad SMARTS) is 1. The molecule has 0 saturated carbocycles. The number of aromatic hydroxyl groups is 1. The van der Waals surface area contributed by atoms with Crippen LogP contribution in [0.25, 0.3) is 0 Å². The van der Waals surface area contributed by atoms with E-state index in [4.69, 9.17) is 10.2 Å². The van der Waals surface area contributed by atoms with E-state index in [1.807, 2.05) is 0 Å². The van der Waals surface area contributed by atoms with Gasteiger partial charge in [0.15, 0.2) is 5.75 Å². The molecule has 0 radical (unpaired) electrons. The standard InChI is InChI=1S/C4H3NO3S/c6-2-1-9-5-3(2)4(7)8/h1,6H,(H,7,8). The highest BCUT2D eigenvalue weighted by Crippen LogP contribution is 2.16. The smallest absolute Gasteiger partial charge is 0.359 e. The molecule has 0 saturated heterocycles. The summed E-state index contributed by atoms with van der Waals surface area (Å²) in [5.41, 5.74) is -0.278. The number of carbonyl (C=O) groups is 1. The molecule has 0 aliphatic rings. The lowest BCUT2D eigenvalue weighted by atomic mass is 10.4. The average Bonchev–Trinajstić information content (AvgIpc) is 2.13. The van der Waals surface area contributed by atoms with E-state index in [-0.39, 0.29) is 11.4 Å². The van der Waals surface area contributed by atoms with Gasteiger partial charge in [-0.1, -0.05) is 0 Å². The first-order chi connectivity index (χ1) is 4.22. The minimum absolute atomic E-state index is 0.271. The maximum absolute atomic E-state index is 10.1. The Morgan fingerprint density at radius 2 is 2.44 bits per heavy atom. The van der Waals surface area contributed by atoms with Gasteiger partial charge in [-0.2, -0.15) is 4.37 Å². The van der Waals surface area contributed by atoms with Gasteiger partial charge in [-0.15, -0.1) is 0 Å². The largest absolute Gasteiger partial charge is 0.505 e. The number of rotatable bonds is 1. The number of nitrogens with zero attached hydrogens (tertiary/aromatic N) is 1. The van der Waals surface area contributed by atoms with Gasteiger partial charge in [0, 0.05) is 0 Å². The summed E-state index contributed by atoms with van der Waals surface area (Å²) < 4.78 is 3.41. The zero-order valence-corrected chi connectivity index (χ0v) is 5.05. The van der Waals surface area contributed by atoms with E-state index in [0.717, 1.165) is 11.5 Å². The first kappa shape index (κ1) is 6.03. The Labute approximate surface area is 54.5 Å². The van der Waals surface area contributed by atoms with Crippen LogP contribution in [0, 0.1) is 0 Å². The third-order valence-corrected chi connectivity index (χ3v) is 1.37. The van der Waals surface area contributed by atoms with E-state index in [9.17, 15) is 4.79 Å². The first-order valence-electron chi connectivity index (χ1n) is 2.08. The van der Waals surface area contributed by atoms with Crippen LogP contribution >= 0.6 is 11.5 Å². The van der Waals surface area contributed by atoms with Gasteiger partial charge in [-0.3, -0.25) is 0 Å². The van der Waals surface area contributed by atoms with E-state index in [1.54, 1.807) is 0 Å². The first-order valence-corrected chi connectivity index (χ1v) is 2.92. The zero-order valence-electron chi connectivity index (χ0n) is 4.24. The van der Waals surface area contributed by atoms with Crippen molar-refractivity contribution in [3.05, 3.63) is 11.1 Å². The van der Waals surface area contributed by atoms with Gasteiger partial charge in [-0.05, 0) is 11.5 Å². The second kappa shape index (κ2) is 2.02. The summed E-state index contributed by atoms with van der Waals surface area (Å²) in [6, 6.07) is 0. The van der Waals surface area contributed by atoms with Crippen LogP contribution in [-0.4, -0.2) is 20.6 Å². The van der Waals surface area contributed by atoms with E-state index < -0.39 is 5.97 Å². The van der Waals surface area contributed by atoms with Crippen LogP contribution in [0.5, 0.6) is 5.75 Å².